The third-order valence-electron chi connectivity index (χ3n) is 12.2. The molecular formula is C56H33NO2S. The van der Waals surface area contributed by atoms with Crippen LogP contribution in [0.2, 0.25) is 0 Å². The van der Waals surface area contributed by atoms with E-state index in [0.717, 1.165) is 72.1 Å². The second kappa shape index (κ2) is 12.9. The monoisotopic (exact) mass is 783 g/mol. The molecule has 0 aliphatic heterocycles. The van der Waals surface area contributed by atoms with Gasteiger partial charge >= 0.3 is 0 Å². The fourth-order valence-corrected chi connectivity index (χ4v) is 10.8. The number of furan rings is 2. The molecule has 0 aliphatic carbocycles. The van der Waals surface area contributed by atoms with E-state index in [1.54, 1.807) is 0 Å². The van der Waals surface area contributed by atoms with Crippen molar-refractivity contribution in [1.29, 1.82) is 0 Å². The topological polar surface area (TPSA) is 29.5 Å². The Kier molecular flexibility index (Phi) is 7.18. The zero-order valence-electron chi connectivity index (χ0n) is 32.2. The fourth-order valence-electron chi connectivity index (χ4n) is 9.44. The van der Waals surface area contributed by atoms with E-state index in [-0.39, 0.29) is 0 Å². The number of nitrogens with zero attached hydrogens (tertiary/aromatic N) is 1. The van der Waals surface area contributed by atoms with Crippen LogP contribution in [0.3, 0.4) is 0 Å². The quantitative estimate of drug-likeness (QED) is 0.163. The van der Waals surface area contributed by atoms with Crippen molar-refractivity contribution >= 4 is 114 Å². The second-order valence-corrected chi connectivity index (χ2v) is 16.6. The first kappa shape index (κ1) is 33.3. The lowest BCUT2D eigenvalue weighted by molar-refractivity contribution is 0.668. The van der Waals surface area contributed by atoms with Gasteiger partial charge < -0.3 is 13.7 Å². The Bertz CT molecular complexity index is 3850. The van der Waals surface area contributed by atoms with Gasteiger partial charge in [0.05, 0.1) is 16.1 Å². The first-order chi connectivity index (χ1) is 29.7. The third-order valence-corrected chi connectivity index (χ3v) is 13.5. The summed E-state index contributed by atoms with van der Waals surface area (Å²) in [4.78, 5) is 2.46. The van der Waals surface area contributed by atoms with Gasteiger partial charge in [0, 0.05) is 48.1 Å². The largest absolute Gasteiger partial charge is 0.456 e. The van der Waals surface area contributed by atoms with Crippen LogP contribution in [0.4, 0.5) is 17.1 Å². The van der Waals surface area contributed by atoms with Crippen LogP contribution in [-0.2, 0) is 0 Å². The van der Waals surface area contributed by atoms with Gasteiger partial charge in [0.25, 0.3) is 0 Å². The maximum atomic E-state index is 6.53. The summed E-state index contributed by atoms with van der Waals surface area (Å²) in [7, 11) is 0. The summed E-state index contributed by atoms with van der Waals surface area (Å²) in [6, 6.07) is 72.0. The number of para-hydroxylation sites is 2. The summed E-state index contributed by atoms with van der Waals surface area (Å²) in [5.41, 5.74) is 11.6. The average Bonchev–Trinajstić information content (AvgIpc) is 4.00. The van der Waals surface area contributed by atoms with Crippen molar-refractivity contribution in [2.75, 3.05) is 4.90 Å². The number of thiophene rings is 1. The number of rotatable bonds is 5. The molecular weight excluding hydrogens is 751 g/mol. The molecule has 3 nitrogen and oxygen atoms in total. The predicted octanol–water partition coefficient (Wildman–Crippen LogP) is 17.0. The highest BCUT2D eigenvalue weighted by Crippen LogP contribution is 2.49. The van der Waals surface area contributed by atoms with E-state index in [4.69, 9.17) is 8.83 Å². The normalized spacial score (nSPS) is 12.0. The van der Waals surface area contributed by atoms with E-state index in [9.17, 15) is 0 Å². The summed E-state index contributed by atoms with van der Waals surface area (Å²) >= 11 is 1.88. The molecule has 0 aliphatic rings. The van der Waals surface area contributed by atoms with Crippen LogP contribution in [0.1, 0.15) is 0 Å². The van der Waals surface area contributed by atoms with Crippen LogP contribution in [0.5, 0.6) is 0 Å². The summed E-state index contributed by atoms with van der Waals surface area (Å²) in [5, 5.41) is 11.9. The van der Waals surface area contributed by atoms with Gasteiger partial charge in [-0.3, -0.25) is 0 Å². The molecule has 0 fully saturated rings. The van der Waals surface area contributed by atoms with Gasteiger partial charge in [0.2, 0.25) is 0 Å². The number of benzene rings is 10. The zero-order valence-corrected chi connectivity index (χ0v) is 33.0. The molecule has 280 valence electrons. The second-order valence-electron chi connectivity index (χ2n) is 15.6. The summed E-state index contributed by atoms with van der Waals surface area (Å²) in [6.07, 6.45) is 0. The minimum Gasteiger partial charge on any atom is -0.456 e. The SMILES string of the molecule is c1ccc(N(c2cc3ccccc3c3ccccc23)c2cccc3c2sc2c(-c4ccc5oc6cc(-c7ccc8c(c7)oc7ccccc78)ccc6c5c4)cccc23)cc1. The highest BCUT2D eigenvalue weighted by Gasteiger charge is 2.22. The molecule has 4 heteroatoms. The van der Waals surface area contributed by atoms with E-state index in [1.165, 1.54) is 52.8 Å². The Morgan fingerprint density at radius 1 is 0.317 bits per heavy atom. The Hall–Kier alpha value is -7.66. The van der Waals surface area contributed by atoms with E-state index in [2.05, 4.69) is 193 Å². The van der Waals surface area contributed by atoms with Crippen molar-refractivity contribution in [3.8, 4) is 22.3 Å². The van der Waals surface area contributed by atoms with Crippen LogP contribution in [0.25, 0.3) is 108 Å². The van der Waals surface area contributed by atoms with Crippen LogP contribution in [0, 0.1) is 0 Å². The molecule has 0 amide bonds. The van der Waals surface area contributed by atoms with Crippen molar-refractivity contribution in [1.82, 2.24) is 0 Å². The molecule has 0 bridgehead atoms. The summed E-state index contributed by atoms with van der Waals surface area (Å²) in [5.74, 6) is 0. The number of hydrogen-bond donors (Lipinski definition) is 0. The Morgan fingerprint density at radius 3 is 1.70 bits per heavy atom. The van der Waals surface area contributed by atoms with Crippen molar-refractivity contribution in [2.24, 2.45) is 0 Å². The minimum atomic E-state index is 0.872. The highest BCUT2D eigenvalue weighted by molar-refractivity contribution is 7.27. The van der Waals surface area contributed by atoms with Crippen molar-refractivity contribution in [3.05, 3.63) is 200 Å². The average molecular weight is 784 g/mol. The highest BCUT2D eigenvalue weighted by atomic mass is 32.1. The van der Waals surface area contributed by atoms with Crippen molar-refractivity contribution < 1.29 is 8.83 Å². The Morgan fingerprint density at radius 2 is 0.900 bits per heavy atom. The van der Waals surface area contributed by atoms with Crippen LogP contribution >= 0.6 is 11.3 Å². The lowest BCUT2D eigenvalue weighted by atomic mass is 9.98. The van der Waals surface area contributed by atoms with E-state index >= 15 is 0 Å². The molecule has 0 spiro atoms. The van der Waals surface area contributed by atoms with Gasteiger partial charge in [0.1, 0.15) is 22.3 Å². The first-order valence-electron chi connectivity index (χ1n) is 20.3. The molecule has 3 heterocycles. The molecule has 60 heavy (non-hydrogen) atoms. The molecule has 13 rings (SSSR count). The van der Waals surface area contributed by atoms with Crippen LogP contribution in [0.15, 0.2) is 209 Å². The van der Waals surface area contributed by atoms with Gasteiger partial charge in [-0.25, -0.2) is 0 Å². The molecule has 3 aromatic heterocycles. The zero-order chi connectivity index (χ0) is 39.3. The fraction of sp³-hybridized carbons (Fsp3) is 0. The standard InChI is InChI=1S/C56H33NO2S/c1-2-13-38(14-3-1)57(50-31-36-12-4-5-15-39(36)41-16-6-7-17-42(41)50)49-22-11-21-47-46-20-10-19-40(55(46)60-56(47)49)37-26-29-52-48(30-37)45-28-25-35(33-54(45)59-52)34-24-27-44-43-18-8-9-23-51(43)58-53(44)32-34/h1-33H. The molecule has 0 radical (unpaired) electrons. The van der Waals surface area contributed by atoms with E-state index < -0.39 is 0 Å². The first-order valence-corrected chi connectivity index (χ1v) is 21.1. The molecule has 0 saturated carbocycles. The molecule has 0 unspecified atom stereocenters. The lowest BCUT2D eigenvalue weighted by Crippen LogP contribution is -2.10. The molecule has 0 N–H and O–H groups in total. The maximum Gasteiger partial charge on any atom is 0.136 e. The number of anilines is 3. The van der Waals surface area contributed by atoms with Gasteiger partial charge in [0.15, 0.2) is 0 Å². The minimum absolute atomic E-state index is 0.872. The predicted molar refractivity (Wildman–Crippen MR) is 254 cm³/mol. The van der Waals surface area contributed by atoms with Gasteiger partial charge in [-0.2, -0.15) is 0 Å². The molecule has 0 atom stereocenters. The Labute approximate surface area is 348 Å². The third kappa shape index (κ3) is 5.01. The van der Waals surface area contributed by atoms with E-state index in [0.29, 0.717) is 0 Å². The van der Waals surface area contributed by atoms with Crippen LogP contribution in [-0.4, -0.2) is 0 Å². The van der Waals surface area contributed by atoms with Crippen LogP contribution < -0.4 is 4.90 Å². The number of hydrogen-bond acceptors (Lipinski definition) is 4. The summed E-state index contributed by atoms with van der Waals surface area (Å²) in [6.45, 7) is 0. The van der Waals surface area contributed by atoms with E-state index in [1.807, 2.05) is 23.5 Å². The molecule has 0 saturated heterocycles. The van der Waals surface area contributed by atoms with Crippen molar-refractivity contribution in [3.63, 3.8) is 0 Å². The van der Waals surface area contributed by atoms with Crippen molar-refractivity contribution in [2.45, 2.75) is 0 Å². The Balaban J connectivity index is 0.952. The van der Waals surface area contributed by atoms with Gasteiger partial charge in [-0.1, -0.05) is 133 Å². The van der Waals surface area contributed by atoms with Gasteiger partial charge in [-0.05, 0) is 105 Å². The number of fused-ring (bicyclic) bond motifs is 12. The summed E-state index contributed by atoms with van der Waals surface area (Å²) < 4.78 is 15.3. The van der Waals surface area contributed by atoms with Gasteiger partial charge in [-0.15, -0.1) is 11.3 Å². The molecule has 13 aromatic rings. The lowest BCUT2D eigenvalue weighted by Gasteiger charge is -2.28. The smallest absolute Gasteiger partial charge is 0.136 e. The molecule has 10 aromatic carbocycles. The maximum absolute atomic E-state index is 6.53.